The van der Waals surface area contributed by atoms with Gasteiger partial charge in [0.1, 0.15) is 5.75 Å². The third-order valence-electron chi connectivity index (χ3n) is 5.65. The van der Waals surface area contributed by atoms with Crippen molar-refractivity contribution in [3.05, 3.63) is 36.4 Å². The predicted molar refractivity (Wildman–Crippen MR) is 125 cm³/mol. The molecule has 0 heterocycles. The zero-order valence-electron chi connectivity index (χ0n) is 18.2. The van der Waals surface area contributed by atoms with Gasteiger partial charge in [0.05, 0.1) is 5.69 Å². The monoisotopic (exact) mass is 397 g/mol. The van der Waals surface area contributed by atoms with E-state index in [0.717, 1.165) is 23.6 Å². The minimum atomic E-state index is -0.0151. The van der Waals surface area contributed by atoms with E-state index >= 15 is 0 Å². The molecule has 0 saturated heterocycles. The van der Waals surface area contributed by atoms with E-state index in [1.54, 1.807) is 6.07 Å². The van der Waals surface area contributed by atoms with Crippen molar-refractivity contribution in [3.8, 4) is 5.75 Å². The summed E-state index contributed by atoms with van der Waals surface area (Å²) >= 11 is 0. The molecule has 0 bridgehead atoms. The molecule has 2 aromatic rings. The molecule has 0 saturated carbocycles. The third kappa shape index (κ3) is 9.34. The molecule has 2 aromatic carbocycles. The van der Waals surface area contributed by atoms with Crippen LogP contribution in [0.1, 0.15) is 96.8 Å². The number of phenols is 1. The Bertz CT molecular complexity index is 726. The standard InChI is InChI=1S/C26H39NO2/c1-2-3-4-5-6-7-8-9-10-11-12-13-14-19-26(29)27-24-20-22-17-15-16-18-23(22)21-25(24)28/h15-18,20-21,28H,2-14,19H2,1H3,(H,27,29). The minimum Gasteiger partial charge on any atom is -0.506 e. The van der Waals surface area contributed by atoms with Gasteiger partial charge in [0, 0.05) is 6.42 Å². The number of benzene rings is 2. The van der Waals surface area contributed by atoms with Gasteiger partial charge in [-0.2, -0.15) is 0 Å². The lowest BCUT2D eigenvalue weighted by atomic mass is 10.0. The van der Waals surface area contributed by atoms with Crippen LogP contribution in [0.25, 0.3) is 10.8 Å². The van der Waals surface area contributed by atoms with Crippen LogP contribution in [0.15, 0.2) is 36.4 Å². The molecule has 0 aliphatic carbocycles. The van der Waals surface area contributed by atoms with Gasteiger partial charge in [0.15, 0.2) is 0 Å². The molecule has 0 spiro atoms. The topological polar surface area (TPSA) is 49.3 Å². The van der Waals surface area contributed by atoms with Crippen molar-refractivity contribution in [2.45, 2.75) is 96.8 Å². The highest BCUT2D eigenvalue weighted by molar-refractivity contribution is 5.96. The van der Waals surface area contributed by atoms with E-state index in [2.05, 4.69) is 12.2 Å². The highest BCUT2D eigenvalue weighted by atomic mass is 16.3. The van der Waals surface area contributed by atoms with Gasteiger partial charge in [0.2, 0.25) is 5.91 Å². The summed E-state index contributed by atoms with van der Waals surface area (Å²) in [6, 6.07) is 11.4. The number of rotatable bonds is 15. The summed E-state index contributed by atoms with van der Waals surface area (Å²) in [6.45, 7) is 2.27. The summed E-state index contributed by atoms with van der Waals surface area (Å²) in [6.07, 6.45) is 17.4. The number of unbranched alkanes of at least 4 members (excludes halogenated alkanes) is 12. The lowest BCUT2D eigenvalue weighted by Crippen LogP contribution is -2.11. The lowest BCUT2D eigenvalue weighted by Gasteiger charge is -2.09. The van der Waals surface area contributed by atoms with Gasteiger partial charge in [0.25, 0.3) is 0 Å². The number of hydrogen-bond donors (Lipinski definition) is 2. The smallest absolute Gasteiger partial charge is 0.224 e. The fourth-order valence-electron chi connectivity index (χ4n) is 3.84. The highest BCUT2D eigenvalue weighted by Gasteiger charge is 2.08. The molecule has 0 fully saturated rings. The first-order chi connectivity index (χ1) is 14.2. The molecule has 2 rings (SSSR count). The van der Waals surface area contributed by atoms with Crippen molar-refractivity contribution in [2.24, 2.45) is 0 Å². The van der Waals surface area contributed by atoms with Gasteiger partial charge in [-0.05, 0) is 29.3 Å². The quantitative estimate of drug-likeness (QED) is 0.236. The summed E-state index contributed by atoms with van der Waals surface area (Å²) in [7, 11) is 0. The molecule has 1 amide bonds. The second-order valence-electron chi connectivity index (χ2n) is 8.26. The van der Waals surface area contributed by atoms with Crippen LogP contribution < -0.4 is 5.32 Å². The van der Waals surface area contributed by atoms with Gasteiger partial charge < -0.3 is 10.4 Å². The average Bonchev–Trinajstić information content (AvgIpc) is 2.72. The number of nitrogens with one attached hydrogen (secondary N) is 1. The Balaban J connectivity index is 1.50. The van der Waals surface area contributed by atoms with Crippen molar-refractivity contribution in [2.75, 3.05) is 5.32 Å². The second kappa shape index (κ2) is 14.0. The fourth-order valence-corrected chi connectivity index (χ4v) is 3.84. The van der Waals surface area contributed by atoms with Crippen molar-refractivity contribution < 1.29 is 9.90 Å². The Morgan fingerprint density at radius 1 is 0.759 bits per heavy atom. The maximum absolute atomic E-state index is 12.2. The lowest BCUT2D eigenvalue weighted by molar-refractivity contribution is -0.116. The Morgan fingerprint density at radius 2 is 1.24 bits per heavy atom. The maximum atomic E-state index is 12.2. The number of aromatic hydroxyl groups is 1. The van der Waals surface area contributed by atoms with Crippen molar-refractivity contribution in [3.63, 3.8) is 0 Å². The number of carbonyl (C=O) groups is 1. The van der Waals surface area contributed by atoms with Gasteiger partial charge in [-0.3, -0.25) is 4.79 Å². The fraction of sp³-hybridized carbons (Fsp3) is 0.577. The third-order valence-corrected chi connectivity index (χ3v) is 5.65. The molecule has 0 aromatic heterocycles. The first-order valence-electron chi connectivity index (χ1n) is 11.7. The number of anilines is 1. The first-order valence-corrected chi connectivity index (χ1v) is 11.7. The van der Waals surface area contributed by atoms with Crippen LogP contribution in [0.2, 0.25) is 0 Å². The number of phenolic OH excluding ortho intramolecular Hbond substituents is 1. The van der Waals surface area contributed by atoms with Crippen molar-refractivity contribution >= 4 is 22.4 Å². The van der Waals surface area contributed by atoms with E-state index in [-0.39, 0.29) is 11.7 Å². The molecule has 0 radical (unpaired) electrons. The average molecular weight is 398 g/mol. The van der Waals surface area contributed by atoms with Crippen LogP contribution >= 0.6 is 0 Å². The van der Waals surface area contributed by atoms with Crippen LogP contribution in [0.3, 0.4) is 0 Å². The zero-order valence-corrected chi connectivity index (χ0v) is 18.2. The summed E-state index contributed by atoms with van der Waals surface area (Å²) in [4.78, 5) is 12.2. The van der Waals surface area contributed by atoms with Crippen LogP contribution in [-0.2, 0) is 4.79 Å². The predicted octanol–water partition coefficient (Wildman–Crippen LogP) is 7.97. The number of amides is 1. The summed E-state index contributed by atoms with van der Waals surface area (Å²) in [5, 5.41) is 15.0. The molecule has 2 N–H and O–H groups in total. The molecule has 0 aliphatic heterocycles. The van der Waals surface area contributed by atoms with Crippen molar-refractivity contribution in [1.82, 2.24) is 0 Å². The zero-order chi connectivity index (χ0) is 20.7. The highest BCUT2D eigenvalue weighted by Crippen LogP contribution is 2.29. The maximum Gasteiger partial charge on any atom is 0.224 e. The largest absolute Gasteiger partial charge is 0.506 e. The minimum absolute atomic E-state index is 0.0151. The molecule has 0 atom stereocenters. The Morgan fingerprint density at radius 3 is 1.79 bits per heavy atom. The normalized spacial score (nSPS) is 11.1. The number of carbonyl (C=O) groups excluding carboxylic acids is 1. The number of hydrogen-bond acceptors (Lipinski definition) is 2. The Hall–Kier alpha value is -2.03. The molecule has 3 heteroatoms. The van der Waals surface area contributed by atoms with E-state index in [1.807, 2.05) is 30.3 Å². The molecule has 0 unspecified atom stereocenters. The van der Waals surface area contributed by atoms with Crippen LogP contribution in [-0.4, -0.2) is 11.0 Å². The van der Waals surface area contributed by atoms with Crippen LogP contribution in [0.5, 0.6) is 5.75 Å². The molecule has 160 valence electrons. The van der Waals surface area contributed by atoms with E-state index in [9.17, 15) is 9.90 Å². The van der Waals surface area contributed by atoms with E-state index in [1.165, 1.54) is 70.6 Å². The van der Waals surface area contributed by atoms with E-state index < -0.39 is 0 Å². The second-order valence-corrected chi connectivity index (χ2v) is 8.26. The SMILES string of the molecule is CCCCCCCCCCCCCCCC(=O)Nc1cc2ccccc2cc1O. The number of fused-ring (bicyclic) bond motifs is 1. The van der Waals surface area contributed by atoms with Gasteiger partial charge in [-0.15, -0.1) is 0 Å². The summed E-state index contributed by atoms with van der Waals surface area (Å²) in [5.41, 5.74) is 0.503. The molecule has 29 heavy (non-hydrogen) atoms. The van der Waals surface area contributed by atoms with Gasteiger partial charge in [-0.25, -0.2) is 0 Å². The van der Waals surface area contributed by atoms with Crippen molar-refractivity contribution in [1.29, 1.82) is 0 Å². The Labute approximate surface area is 176 Å². The van der Waals surface area contributed by atoms with Crippen LogP contribution in [0, 0.1) is 0 Å². The Kier molecular flexibility index (Phi) is 11.3. The molecular formula is C26H39NO2. The molecular weight excluding hydrogens is 358 g/mol. The molecule has 3 nitrogen and oxygen atoms in total. The molecule has 0 aliphatic rings. The van der Waals surface area contributed by atoms with Gasteiger partial charge in [-0.1, -0.05) is 108 Å². The van der Waals surface area contributed by atoms with E-state index in [0.29, 0.717) is 12.1 Å². The summed E-state index contributed by atoms with van der Waals surface area (Å²) in [5.74, 6) is 0.112. The van der Waals surface area contributed by atoms with Crippen LogP contribution in [0.4, 0.5) is 5.69 Å². The first kappa shape index (κ1) is 23.3. The van der Waals surface area contributed by atoms with E-state index in [4.69, 9.17) is 0 Å². The summed E-state index contributed by atoms with van der Waals surface area (Å²) < 4.78 is 0. The van der Waals surface area contributed by atoms with Gasteiger partial charge >= 0.3 is 0 Å².